The lowest BCUT2D eigenvalue weighted by Crippen LogP contribution is -2.46. The molecule has 106 valence electrons. The molecule has 5 nitrogen and oxygen atoms in total. The Kier molecular flexibility index (Phi) is 3.01. The van der Waals surface area contributed by atoms with Crippen molar-refractivity contribution < 1.29 is 14.3 Å². The summed E-state index contributed by atoms with van der Waals surface area (Å²) in [4.78, 5) is 26.7. The van der Waals surface area contributed by atoms with Crippen molar-refractivity contribution in [3.63, 3.8) is 0 Å². The SMILES string of the molecule is CN1CC(=O)N(C[C@]2(C)OCCc3ccccc32)C1=O. The Bertz CT molecular complexity index is 572. The van der Waals surface area contributed by atoms with Crippen LogP contribution in [0.2, 0.25) is 0 Å². The van der Waals surface area contributed by atoms with E-state index in [1.165, 1.54) is 15.4 Å². The highest BCUT2D eigenvalue weighted by Crippen LogP contribution is 2.34. The molecule has 5 heteroatoms. The number of hydrogen-bond acceptors (Lipinski definition) is 3. The highest BCUT2D eigenvalue weighted by molar-refractivity contribution is 6.01. The third-order valence-corrected chi connectivity index (χ3v) is 4.07. The van der Waals surface area contributed by atoms with Gasteiger partial charge in [0.25, 0.3) is 0 Å². The quantitative estimate of drug-likeness (QED) is 0.765. The minimum Gasteiger partial charge on any atom is -0.368 e. The molecule has 0 radical (unpaired) electrons. The number of nitrogens with zero attached hydrogens (tertiary/aromatic N) is 2. The third kappa shape index (κ3) is 1.98. The number of urea groups is 1. The highest BCUT2D eigenvalue weighted by Gasteiger charge is 2.42. The second-order valence-electron chi connectivity index (χ2n) is 5.60. The first kappa shape index (κ1) is 13.1. The van der Waals surface area contributed by atoms with Gasteiger partial charge in [0.1, 0.15) is 12.1 Å². The Morgan fingerprint density at radius 2 is 2.05 bits per heavy atom. The van der Waals surface area contributed by atoms with Gasteiger partial charge in [0.15, 0.2) is 0 Å². The monoisotopic (exact) mass is 274 g/mol. The molecule has 0 aromatic heterocycles. The lowest BCUT2D eigenvalue weighted by molar-refractivity contribution is -0.130. The molecule has 0 unspecified atom stereocenters. The van der Waals surface area contributed by atoms with Gasteiger partial charge in [0.2, 0.25) is 5.91 Å². The molecule has 20 heavy (non-hydrogen) atoms. The van der Waals surface area contributed by atoms with Gasteiger partial charge in [-0.25, -0.2) is 4.79 Å². The minimum atomic E-state index is -0.620. The van der Waals surface area contributed by atoms with Gasteiger partial charge in [-0.1, -0.05) is 24.3 Å². The van der Waals surface area contributed by atoms with Gasteiger partial charge >= 0.3 is 6.03 Å². The number of carbonyl (C=O) groups excluding carboxylic acids is 2. The number of fused-ring (bicyclic) bond motifs is 1. The van der Waals surface area contributed by atoms with Crippen molar-refractivity contribution in [1.29, 1.82) is 0 Å². The molecule has 1 saturated heterocycles. The van der Waals surface area contributed by atoms with Crippen LogP contribution in [0.3, 0.4) is 0 Å². The fraction of sp³-hybridized carbons (Fsp3) is 0.467. The molecule has 0 saturated carbocycles. The first-order valence-electron chi connectivity index (χ1n) is 6.79. The molecular formula is C15H18N2O3. The molecule has 2 heterocycles. The fourth-order valence-corrected chi connectivity index (χ4v) is 2.98. The Balaban J connectivity index is 1.91. The predicted molar refractivity (Wildman–Crippen MR) is 73.2 cm³/mol. The van der Waals surface area contributed by atoms with Crippen LogP contribution in [-0.4, -0.2) is 48.5 Å². The highest BCUT2D eigenvalue weighted by atomic mass is 16.5. The Morgan fingerprint density at radius 3 is 2.75 bits per heavy atom. The summed E-state index contributed by atoms with van der Waals surface area (Å²) in [5.74, 6) is -0.162. The van der Waals surface area contributed by atoms with Crippen LogP contribution in [0.4, 0.5) is 4.79 Å². The van der Waals surface area contributed by atoms with Crippen LogP contribution in [0.25, 0.3) is 0 Å². The number of carbonyl (C=O) groups is 2. The Labute approximate surface area is 118 Å². The second kappa shape index (κ2) is 4.59. The molecular weight excluding hydrogens is 256 g/mol. The van der Waals surface area contributed by atoms with Gasteiger partial charge in [0.05, 0.1) is 13.2 Å². The fourth-order valence-electron chi connectivity index (χ4n) is 2.98. The zero-order valence-electron chi connectivity index (χ0n) is 11.8. The van der Waals surface area contributed by atoms with Crippen molar-refractivity contribution in [3.05, 3.63) is 35.4 Å². The van der Waals surface area contributed by atoms with Gasteiger partial charge < -0.3 is 9.64 Å². The lowest BCUT2D eigenvalue weighted by atomic mass is 9.87. The van der Waals surface area contributed by atoms with Crippen molar-refractivity contribution in [1.82, 2.24) is 9.80 Å². The van der Waals surface area contributed by atoms with E-state index in [0.717, 1.165) is 12.0 Å². The molecule has 0 bridgehead atoms. The average molecular weight is 274 g/mol. The Hall–Kier alpha value is -1.88. The molecule has 0 aliphatic carbocycles. The van der Waals surface area contributed by atoms with Crippen LogP contribution < -0.4 is 0 Å². The molecule has 1 aromatic rings. The van der Waals surface area contributed by atoms with Crippen molar-refractivity contribution in [2.24, 2.45) is 0 Å². The summed E-state index contributed by atoms with van der Waals surface area (Å²) in [6.07, 6.45) is 0.869. The standard InChI is InChI=1S/C15H18N2O3/c1-15(10-17-13(18)9-16(2)14(17)19)12-6-4-3-5-11(12)7-8-20-15/h3-6H,7-10H2,1-2H3/t15-/m0/s1. The number of rotatable bonds is 2. The summed E-state index contributed by atoms with van der Waals surface area (Å²) in [6.45, 7) is 2.98. The van der Waals surface area contributed by atoms with Crippen molar-refractivity contribution in [2.75, 3.05) is 26.7 Å². The van der Waals surface area contributed by atoms with Crippen molar-refractivity contribution >= 4 is 11.9 Å². The number of imide groups is 1. The van der Waals surface area contributed by atoms with Gasteiger partial charge in [0, 0.05) is 7.05 Å². The summed E-state index contributed by atoms with van der Waals surface area (Å²) in [5, 5.41) is 0. The van der Waals surface area contributed by atoms with E-state index in [9.17, 15) is 9.59 Å². The van der Waals surface area contributed by atoms with E-state index in [2.05, 4.69) is 6.07 Å². The van der Waals surface area contributed by atoms with Crippen LogP contribution >= 0.6 is 0 Å². The summed E-state index contributed by atoms with van der Waals surface area (Å²) < 4.78 is 5.92. The topological polar surface area (TPSA) is 49.9 Å². The number of hydrogen-bond donors (Lipinski definition) is 0. The van der Waals surface area contributed by atoms with E-state index < -0.39 is 5.60 Å². The van der Waals surface area contributed by atoms with Crippen LogP contribution in [0.15, 0.2) is 24.3 Å². The van der Waals surface area contributed by atoms with Gasteiger partial charge in [-0.2, -0.15) is 0 Å². The van der Waals surface area contributed by atoms with E-state index in [-0.39, 0.29) is 25.0 Å². The van der Waals surface area contributed by atoms with Crippen molar-refractivity contribution in [3.8, 4) is 0 Å². The van der Waals surface area contributed by atoms with E-state index >= 15 is 0 Å². The summed E-state index contributed by atoms with van der Waals surface area (Å²) >= 11 is 0. The maximum Gasteiger partial charge on any atom is 0.327 e. The maximum absolute atomic E-state index is 12.0. The number of likely N-dealkylation sites (N-methyl/N-ethyl adjacent to an activating group) is 1. The summed E-state index contributed by atoms with van der Waals surface area (Å²) in [6, 6.07) is 7.82. The first-order chi connectivity index (χ1) is 9.51. The number of amides is 3. The zero-order chi connectivity index (χ0) is 14.3. The summed E-state index contributed by atoms with van der Waals surface area (Å²) in [5.41, 5.74) is 1.68. The molecule has 0 spiro atoms. The minimum absolute atomic E-state index is 0.149. The van der Waals surface area contributed by atoms with Gasteiger partial charge in [-0.3, -0.25) is 9.69 Å². The molecule has 1 atom stereocenters. The third-order valence-electron chi connectivity index (χ3n) is 4.07. The second-order valence-corrected chi connectivity index (χ2v) is 5.60. The normalized spacial score (nSPS) is 26.1. The van der Waals surface area contributed by atoms with Gasteiger partial charge in [-0.05, 0) is 24.5 Å². The van der Waals surface area contributed by atoms with E-state index in [1.807, 2.05) is 25.1 Å². The van der Waals surface area contributed by atoms with Gasteiger partial charge in [-0.15, -0.1) is 0 Å². The maximum atomic E-state index is 12.0. The lowest BCUT2D eigenvalue weighted by Gasteiger charge is -2.38. The number of benzene rings is 1. The largest absolute Gasteiger partial charge is 0.368 e. The molecule has 2 aliphatic rings. The molecule has 0 N–H and O–H groups in total. The molecule has 3 rings (SSSR count). The molecule has 2 aliphatic heterocycles. The van der Waals surface area contributed by atoms with Crippen LogP contribution in [-0.2, 0) is 21.6 Å². The number of ether oxygens (including phenoxy) is 1. The molecule has 1 fully saturated rings. The van der Waals surface area contributed by atoms with Crippen LogP contribution in [0.1, 0.15) is 18.1 Å². The molecule has 3 amide bonds. The van der Waals surface area contributed by atoms with Crippen LogP contribution in [0.5, 0.6) is 0 Å². The van der Waals surface area contributed by atoms with E-state index in [4.69, 9.17) is 4.74 Å². The smallest absolute Gasteiger partial charge is 0.327 e. The Morgan fingerprint density at radius 1 is 1.30 bits per heavy atom. The van der Waals surface area contributed by atoms with E-state index in [1.54, 1.807) is 7.05 Å². The zero-order valence-corrected chi connectivity index (χ0v) is 11.8. The molecule has 1 aromatic carbocycles. The predicted octanol–water partition coefficient (Wildman–Crippen LogP) is 1.37. The first-order valence-corrected chi connectivity index (χ1v) is 6.79. The summed E-state index contributed by atoms with van der Waals surface area (Å²) in [7, 11) is 1.64. The van der Waals surface area contributed by atoms with Crippen LogP contribution in [0, 0.1) is 0 Å². The van der Waals surface area contributed by atoms with Crippen molar-refractivity contribution in [2.45, 2.75) is 18.9 Å². The van der Waals surface area contributed by atoms with E-state index in [0.29, 0.717) is 6.61 Å². The average Bonchev–Trinajstić information content (AvgIpc) is 2.66.